The van der Waals surface area contributed by atoms with Crippen LogP contribution in [-0.2, 0) is 0 Å². The lowest BCUT2D eigenvalue weighted by atomic mass is 10.0. The highest BCUT2D eigenvalue weighted by Crippen LogP contribution is 2.29. The number of nitrogens with zero attached hydrogens (tertiary/aromatic N) is 1. The minimum Gasteiger partial charge on any atom is -0.316 e. The van der Waals surface area contributed by atoms with Crippen molar-refractivity contribution in [3.63, 3.8) is 0 Å². The van der Waals surface area contributed by atoms with E-state index in [2.05, 4.69) is 23.3 Å². The monoisotopic (exact) mass is 208 g/mol. The van der Waals surface area contributed by atoms with Crippen molar-refractivity contribution in [2.45, 2.75) is 24.3 Å². The molecule has 1 aromatic rings. The summed E-state index contributed by atoms with van der Waals surface area (Å²) in [4.78, 5) is 4.45. The SMILES string of the molecule is CCSc1ncccc1C1CCNC1. The molecule has 3 heteroatoms. The van der Waals surface area contributed by atoms with Crippen LogP contribution in [0.4, 0.5) is 0 Å². The molecular weight excluding hydrogens is 192 g/mol. The second-order valence-electron chi connectivity index (χ2n) is 3.52. The molecule has 1 fully saturated rings. The van der Waals surface area contributed by atoms with E-state index in [9.17, 15) is 0 Å². The Morgan fingerprint density at radius 1 is 1.64 bits per heavy atom. The van der Waals surface area contributed by atoms with Gasteiger partial charge in [-0.1, -0.05) is 13.0 Å². The zero-order chi connectivity index (χ0) is 9.80. The second-order valence-corrected chi connectivity index (χ2v) is 4.77. The standard InChI is InChI=1S/C11H16N2S/c1-2-14-11-10(4-3-6-13-11)9-5-7-12-8-9/h3-4,6,9,12H,2,5,7-8H2,1H3. The number of pyridine rings is 1. The van der Waals surface area contributed by atoms with E-state index in [-0.39, 0.29) is 0 Å². The van der Waals surface area contributed by atoms with Gasteiger partial charge in [0.15, 0.2) is 0 Å². The fourth-order valence-corrected chi connectivity index (χ4v) is 2.70. The summed E-state index contributed by atoms with van der Waals surface area (Å²) in [6.45, 7) is 4.44. The van der Waals surface area contributed by atoms with Crippen molar-refractivity contribution in [2.24, 2.45) is 0 Å². The fraction of sp³-hybridized carbons (Fsp3) is 0.545. The molecule has 1 aromatic heterocycles. The van der Waals surface area contributed by atoms with E-state index >= 15 is 0 Å². The molecule has 0 aliphatic carbocycles. The van der Waals surface area contributed by atoms with Crippen molar-refractivity contribution in [3.05, 3.63) is 23.9 Å². The molecule has 1 aliphatic heterocycles. The maximum Gasteiger partial charge on any atom is 0.0995 e. The molecular formula is C11H16N2S. The Bertz CT molecular complexity index is 295. The first kappa shape index (κ1) is 9.99. The Morgan fingerprint density at radius 2 is 2.57 bits per heavy atom. The molecule has 76 valence electrons. The van der Waals surface area contributed by atoms with Crippen LogP contribution in [0.5, 0.6) is 0 Å². The molecule has 1 atom stereocenters. The van der Waals surface area contributed by atoms with Crippen LogP contribution < -0.4 is 5.32 Å². The summed E-state index contributed by atoms with van der Waals surface area (Å²) in [7, 11) is 0. The Morgan fingerprint density at radius 3 is 3.29 bits per heavy atom. The number of hydrogen-bond donors (Lipinski definition) is 1. The third kappa shape index (κ3) is 2.10. The Hall–Kier alpha value is -0.540. The van der Waals surface area contributed by atoms with Crippen LogP contribution in [0.2, 0.25) is 0 Å². The predicted molar refractivity (Wildman–Crippen MR) is 60.9 cm³/mol. The van der Waals surface area contributed by atoms with E-state index in [1.54, 1.807) is 0 Å². The van der Waals surface area contributed by atoms with Crippen LogP contribution in [0.15, 0.2) is 23.4 Å². The molecule has 2 nitrogen and oxygen atoms in total. The number of rotatable bonds is 3. The normalized spacial score (nSPS) is 21.4. The summed E-state index contributed by atoms with van der Waals surface area (Å²) in [5.41, 5.74) is 1.43. The molecule has 14 heavy (non-hydrogen) atoms. The maximum absolute atomic E-state index is 4.45. The van der Waals surface area contributed by atoms with Crippen molar-refractivity contribution in [1.29, 1.82) is 0 Å². The molecule has 0 aromatic carbocycles. The molecule has 0 bridgehead atoms. The first-order valence-electron chi connectivity index (χ1n) is 5.20. The van der Waals surface area contributed by atoms with E-state index in [0.717, 1.165) is 18.8 Å². The summed E-state index contributed by atoms with van der Waals surface area (Å²) in [5.74, 6) is 1.78. The summed E-state index contributed by atoms with van der Waals surface area (Å²) < 4.78 is 0. The maximum atomic E-state index is 4.45. The zero-order valence-electron chi connectivity index (χ0n) is 8.49. The number of hydrogen-bond acceptors (Lipinski definition) is 3. The molecule has 1 aliphatic rings. The van der Waals surface area contributed by atoms with Gasteiger partial charge in [-0.2, -0.15) is 0 Å². The van der Waals surface area contributed by atoms with Gasteiger partial charge >= 0.3 is 0 Å². The van der Waals surface area contributed by atoms with E-state index < -0.39 is 0 Å². The van der Waals surface area contributed by atoms with E-state index in [0.29, 0.717) is 5.92 Å². The van der Waals surface area contributed by atoms with Crippen molar-refractivity contribution in [3.8, 4) is 0 Å². The Labute approximate surface area is 89.5 Å². The Kier molecular flexibility index (Phi) is 3.43. The van der Waals surface area contributed by atoms with E-state index in [1.165, 1.54) is 17.0 Å². The average molecular weight is 208 g/mol. The minimum atomic E-state index is 0.678. The van der Waals surface area contributed by atoms with Gasteiger partial charge in [-0.05, 0) is 30.3 Å². The lowest BCUT2D eigenvalue weighted by molar-refractivity contribution is 0.735. The first-order chi connectivity index (χ1) is 6.92. The van der Waals surface area contributed by atoms with E-state index in [4.69, 9.17) is 0 Å². The molecule has 0 spiro atoms. The highest BCUT2D eigenvalue weighted by atomic mass is 32.2. The van der Waals surface area contributed by atoms with Gasteiger partial charge in [-0.3, -0.25) is 0 Å². The van der Waals surface area contributed by atoms with Crippen LogP contribution in [-0.4, -0.2) is 23.8 Å². The quantitative estimate of drug-likeness (QED) is 0.771. The van der Waals surface area contributed by atoms with Gasteiger partial charge in [-0.25, -0.2) is 4.98 Å². The third-order valence-electron chi connectivity index (χ3n) is 2.58. The van der Waals surface area contributed by atoms with Crippen LogP contribution >= 0.6 is 11.8 Å². The van der Waals surface area contributed by atoms with Crippen LogP contribution in [0.3, 0.4) is 0 Å². The smallest absolute Gasteiger partial charge is 0.0995 e. The summed E-state index contributed by atoms with van der Waals surface area (Å²) in [5, 5.41) is 4.63. The van der Waals surface area contributed by atoms with Gasteiger partial charge in [0.25, 0.3) is 0 Å². The molecule has 1 saturated heterocycles. The number of aromatic nitrogens is 1. The lowest BCUT2D eigenvalue weighted by Crippen LogP contribution is -2.08. The first-order valence-corrected chi connectivity index (χ1v) is 6.18. The average Bonchev–Trinajstić information content (AvgIpc) is 2.72. The van der Waals surface area contributed by atoms with Crippen molar-refractivity contribution in [1.82, 2.24) is 10.3 Å². The fourth-order valence-electron chi connectivity index (χ4n) is 1.89. The van der Waals surface area contributed by atoms with Gasteiger partial charge in [0.05, 0.1) is 5.03 Å². The lowest BCUT2D eigenvalue weighted by Gasteiger charge is -2.12. The molecule has 0 amide bonds. The van der Waals surface area contributed by atoms with Gasteiger partial charge < -0.3 is 5.32 Å². The molecule has 0 saturated carbocycles. The Balaban J connectivity index is 2.21. The molecule has 2 rings (SSSR count). The van der Waals surface area contributed by atoms with Gasteiger partial charge in [0, 0.05) is 18.7 Å². The highest BCUT2D eigenvalue weighted by molar-refractivity contribution is 7.99. The summed E-state index contributed by atoms with van der Waals surface area (Å²) >= 11 is 1.85. The predicted octanol–water partition coefficient (Wildman–Crippen LogP) is 2.27. The molecule has 1 unspecified atom stereocenters. The minimum absolute atomic E-state index is 0.678. The zero-order valence-corrected chi connectivity index (χ0v) is 9.31. The molecule has 0 radical (unpaired) electrons. The summed E-state index contributed by atoms with van der Waals surface area (Å²) in [6.07, 6.45) is 3.15. The van der Waals surface area contributed by atoms with Crippen LogP contribution in [0.1, 0.15) is 24.8 Å². The van der Waals surface area contributed by atoms with Crippen molar-refractivity contribution >= 4 is 11.8 Å². The largest absolute Gasteiger partial charge is 0.316 e. The molecule has 1 N–H and O–H groups in total. The number of nitrogens with one attached hydrogen (secondary N) is 1. The van der Waals surface area contributed by atoms with Crippen LogP contribution in [0.25, 0.3) is 0 Å². The van der Waals surface area contributed by atoms with Gasteiger partial charge in [0.1, 0.15) is 0 Å². The third-order valence-corrected chi connectivity index (χ3v) is 3.49. The summed E-state index contributed by atoms with van der Waals surface area (Å²) in [6, 6.07) is 4.27. The topological polar surface area (TPSA) is 24.9 Å². The van der Waals surface area contributed by atoms with Gasteiger partial charge in [-0.15, -0.1) is 11.8 Å². The molecule has 2 heterocycles. The van der Waals surface area contributed by atoms with E-state index in [1.807, 2.05) is 24.0 Å². The van der Waals surface area contributed by atoms with Crippen LogP contribution in [0, 0.1) is 0 Å². The van der Waals surface area contributed by atoms with Gasteiger partial charge in [0.2, 0.25) is 0 Å². The van der Waals surface area contributed by atoms with Crippen molar-refractivity contribution in [2.75, 3.05) is 18.8 Å². The van der Waals surface area contributed by atoms with Crippen molar-refractivity contribution < 1.29 is 0 Å². The number of thioether (sulfide) groups is 1. The highest BCUT2D eigenvalue weighted by Gasteiger charge is 2.19. The second kappa shape index (κ2) is 4.80.